The largest absolute Gasteiger partial charge is 0.477 e. The van der Waals surface area contributed by atoms with E-state index < -0.39 is 17.6 Å². The molecule has 7 nitrogen and oxygen atoms in total. The fourth-order valence-corrected chi connectivity index (χ4v) is 4.87. The lowest BCUT2D eigenvalue weighted by atomic mass is 10.1. The molecule has 2 saturated heterocycles. The fourth-order valence-electron chi connectivity index (χ4n) is 4.87. The number of aromatic amines is 1. The van der Waals surface area contributed by atoms with Gasteiger partial charge in [0.25, 0.3) is 0 Å². The molecule has 0 unspecified atom stereocenters. The van der Waals surface area contributed by atoms with Crippen LogP contribution in [0.5, 0.6) is 11.5 Å². The molecule has 4 N–H and O–H groups in total. The number of ether oxygens (including phenoxy) is 1. The van der Waals surface area contributed by atoms with Gasteiger partial charge in [-0.25, -0.2) is 13.6 Å². The second-order valence-electron chi connectivity index (χ2n) is 9.85. The molecule has 0 aliphatic carbocycles. The SMILES string of the molecule is NC1CCN(CCN2CCCCCC2)CC1.O=C(O)c1cc2c(Oc3cc(F)cc(F)c3)cccc2[nH]1. The number of nitrogens with two attached hydrogens (primary N) is 1. The molecule has 2 fully saturated rings. The molecule has 1 aromatic heterocycles. The lowest BCUT2D eigenvalue weighted by Gasteiger charge is -2.32. The van der Waals surface area contributed by atoms with Crippen LogP contribution in [0.25, 0.3) is 10.9 Å². The Morgan fingerprint density at radius 3 is 2.19 bits per heavy atom. The third-order valence-electron chi connectivity index (χ3n) is 6.98. The minimum atomic E-state index is -1.10. The molecular formula is C28H36F2N4O3. The molecule has 2 aliphatic rings. The van der Waals surface area contributed by atoms with Crippen LogP contribution in [0.1, 0.15) is 49.0 Å². The van der Waals surface area contributed by atoms with Crippen molar-refractivity contribution in [1.29, 1.82) is 0 Å². The van der Waals surface area contributed by atoms with Gasteiger partial charge in [0.15, 0.2) is 0 Å². The Balaban J connectivity index is 0.000000180. The summed E-state index contributed by atoms with van der Waals surface area (Å²) in [5, 5.41) is 9.48. The number of halogens is 2. The number of hydrogen-bond donors (Lipinski definition) is 3. The quantitative estimate of drug-likeness (QED) is 0.417. The molecule has 0 saturated carbocycles. The van der Waals surface area contributed by atoms with E-state index in [9.17, 15) is 13.6 Å². The van der Waals surface area contributed by atoms with Crippen molar-refractivity contribution in [2.24, 2.45) is 5.73 Å². The molecule has 5 rings (SSSR count). The number of rotatable bonds is 6. The third kappa shape index (κ3) is 7.99. The van der Waals surface area contributed by atoms with E-state index >= 15 is 0 Å². The van der Waals surface area contributed by atoms with Crippen molar-refractivity contribution in [2.45, 2.75) is 44.6 Å². The zero-order valence-electron chi connectivity index (χ0n) is 21.1. The van der Waals surface area contributed by atoms with Crippen molar-refractivity contribution >= 4 is 16.9 Å². The molecule has 0 bridgehead atoms. The third-order valence-corrected chi connectivity index (χ3v) is 6.98. The van der Waals surface area contributed by atoms with Gasteiger partial charge < -0.3 is 30.4 Å². The van der Waals surface area contributed by atoms with Crippen LogP contribution in [0.4, 0.5) is 8.78 Å². The summed E-state index contributed by atoms with van der Waals surface area (Å²) in [7, 11) is 0. The van der Waals surface area contributed by atoms with Gasteiger partial charge in [0.2, 0.25) is 0 Å². The van der Waals surface area contributed by atoms with Gasteiger partial charge in [-0.3, -0.25) is 0 Å². The average molecular weight is 515 g/mol. The summed E-state index contributed by atoms with van der Waals surface area (Å²) in [5.41, 5.74) is 6.48. The predicted octanol–water partition coefficient (Wildman–Crippen LogP) is 5.22. The second kappa shape index (κ2) is 13.0. The summed E-state index contributed by atoms with van der Waals surface area (Å²) in [5.74, 6) is -2.30. The topological polar surface area (TPSA) is 94.8 Å². The van der Waals surface area contributed by atoms with E-state index in [0.29, 0.717) is 22.7 Å². The number of hydrogen-bond acceptors (Lipinski definition) is 5. The zero-order chi connectivity index (χ0) is 26.2. The van der Waals surface area contributed by atoms with Crippen molar-refractivity contribution in [3.05, 3.63) is 59.8 Å². The Morgan fingerprint density at radius 1 is 0.946 bits per heavy atom. The number of likely N-dealkylation sites (tertiary alicyclic amines) is 2. The lowest BCUT2D eigenvalue weighted by Crippen LogP contribution is -2.43. The van der Waals surface area contributed by atoms with Gasteiger partial charge in [-0.1, -0.05) is 18.9 Å². The normalized spacial score (nSPS) is 17.7. The van der Waals surface area contributed by atoms with Gasteiger partial charge in [0.1, 0.15) is 28.8 Å². The predicted molar refractivity (Wildman–Crippen MR) is 140 cm³/mol. The maximum atomic E-state index is 13.2. The molecular weight excluding hydrogens is 478 g/mol. The van der Waals surface area contributed by atoms with Crippen molar-refractivity contribution in [1.82, 2.24) is 14.8 Å². The average Bonchev–Trinajstić information content (AvgIpc) is 3.14. The number of carboxylic acid groups (broad SMARTS) is 1. The monoisotopic (exact) mass is 514 g/mol. The molecule has 37 heavy (non-hydrogen) atoms. The van der Waals surface area contributed by atoms with E-state index in [1.807, 2.05) is 0 Å². The zero-order valence-corrected chi connectivity index (χ0v) is 21.1. The first kappa shape index (κ1) is 27.0. The van der Waals surface area contributed by atoms with Gasteiger partial charge in [-0.05, 0) is 70.1 Å². The molecule has 0 amide bonds. The van der Waals surface area contributed by atoms with Crippen LogP contribution in [-0.2, 0) is 0 Å². The molecule has 9 heteroatoms. The van der Waals surface area contributed by atoms with Gasteiger partial charge in [-0.2, -0.15) is 0 Å². The summed E-state index contributed by atoms with van der Waals surface area (Å²) < 4.78 is 31.8. The standard InChI is InChI=1S/C15H9F2NO3.C13H27N3/c16-8-4-9(17)6-10(5-8)21-14-3-1-2-12-11(14)7-13(18-12)15(19)20;14-13-5-9-16(10-6-13)12-11-15-7-3-1-2-4-8-15/h1-7,18H,(H,19,20);13H,1-12,14H2. The number of carbonyl (C=O) groups is 1. The van der Waals surface area contributed by atoms with Crippen molar-refractivity contribution in [3.8, 4) is 11.5 Å². The fraction of sp³-hybridized carbons (Fsp3) is 0.464. The number of benzene rings is 2. The molecule has 0 radical (unpaired) electrons. The van der Waals surface area contributed by atoms with Crippen LogP contribution in [0, 0.1) is 11.6 Å². The first-order valence-electron chi connectivity index (χ1n) is 13.1. The maximum Gasteiger partial charge on any atom is 0.352 e. The summed E-state index contributed by atoms with van der Waals surface area (Å²) in [6.07, 6.45) is 8.08. The van der Waals surface area contributed by atoms with Crippen LogP contribution < -0.4 is 10.5 Å². The number of aromatic nitrogens is 1. The number of nitrogens with one attached hydrogen (secondary N) is 1. The molecule has 200 valence electrons. The van der Waals surface area contributed by atoms with Crippen molar-refractivity contribution in [2.75, 3.05) is 39.3 Å². The van der Waals surface area contributed by atoms with Crippen molar-refractivity contribution in [3.63, 3.8) is 0 Å². The van der Waals surface area contributed by atoms with E-state index in [0.717, 1.165) is 18.2 Å². The van der Waals surface area contributed by atoms with E-state index in [2.05, 4.69) is 14.8 Å². The molecule has 3 heterocycles. The first-order valence-corrected chi connectivity index (χ1v) is 13.1. The maximum absolute atomic E-state index is 13.2. The number of nitrogens with zero attached hydrogens (tertiary/aromatic N) is 2. The highest BCUT2D eigenvalue weighted by atomic mass is 19.1. The number of fused-ring (bicyclic) bond motifs is 1. The Labute approximate surface area is 216 Å². The minimum absolute atomic E-state index is 0.00178. The van der Waals surface area contributed by atoms with E-state index in [-0.39, 0.29) is 11.4 Å². The summed E-state index contributed by atoms with van der Waals surface area (Å²) in [6.45, 7) is 7.62. The number of piperidine rings is 1. The Bertz CT molecular complexity index is 1150. The number of carboxylic acids is 1. The summed E-state index contributed by atoms with van der Waals surface area (Å²) >= 11 is 0. The van der Waals surface area contributed by atoms with Gasteiger partial charge in [-0.15, -0.1) is 0 Å². The molecule has 0 atom stereocenters. The second-order valence-corrected chi connectivity index (χ2v) is 9.85. The Kier molecular flexibility index (Phi) is 9.49. The van der Waals surface area contributed by atoms with Gasteiger partial charge >= 0.3 is 5.97 Å². The van der Waals surface area contributed by atoms with Crippen LogP contribution in [0.15, 0.2) is 42.5 Å². The highest BCUT2D eigenvalue weighted by Gasteiger charge is 2.17. The van der Waals surface area contributed by atoms with Crippen LogP contribution in [0.2, 0.25) is 0 Å². The van der Waals surface area contributed by atoms with Crippen LogP contribution in [0.3, 0.4) is 0 Å². The summed E-state index contributed by atoms with van der Waals surface area (Å²) in [6, 6.07) is 9.63. The van der Waals surface area contributed by atoms with Crippen molar-refractivity contribution < 1.29 is 23.4 Å². The van der Waals surface area contributed by atoms with Crippen LogP contribution in [-0.4, -0.2) is 71.2 Å². The number of H-pyrrole nitrogens is 1. The Morgan fingerprint density at radius 2 is 1.57 bits per heavy atom. The molecule has 0 spiro atoms. The van der Waals surface area contributed by atoms with E-state index in [1.54, 1.807) is 18.2 Å². The van der Waals surface area contributed by atoms with Gasteiger partial charge in [0.05, 0.1) is 0 Å². The minimum Gasteiger partial charge on any atom is -0.477 e. The van der Waals surface area contributed by atoms with Crippen LogP contribution >= 0.6 is 0 Å². The van der Waals surface area contributed by atoms with E-state index in [4.69, 9.17) is 15.6 Å². The lowest BCUT2D eigenvalue weighted by molar-refractivity contribution is 0.0691. The molecule has 2 aliphatic heterocycles. The smallest absolute Gasteiger partial charge is 0.352 e. The highest BCUT2D eigenvalue weighted by Crippen LogP contribution is 2.31. The van der Waals surface area contributed by atoms with E-state index in [1.165, 1.54) is 83.9 Å². The first-order chi connectivity index (χ1) is 17.9. The molecule has 3 aromatic rings. The number of aromatic carboxylic acids is 1. The highest BCUT2D eigenvalue weighted by molar-refractivity contribution is 5.96. The molecule has 2 aromatic carbocycles. The summed E-state index contributed by atoms with van der Waals surface area (Å²) in [4.78, 5) is 18.9. The Hall–Kier alpha value is -3.01. The van der Waals surface area contributed by atoms with Gasteiger partial charge in [0, 0.05) is 48.2 Å².